The van der Waals surface area contributed by atoms with Crippen LogP contribution in [0, 0.1) is 13.8 Å². The third-order valence-electron chi connectivity index (χ3n) is 3.22. The fourth-order valence-corrected chi connectivity index (χ4v) is 3.50. The number of aromatic nitrogens is 4. The Hall–Kier alpha value is -1.59. The second-order valence-electron chi connectivity index (χ2n) is 4.93. The summed E-state index contributed by atoms with van der Waals surface area (Å²) in [4.78, 5) is 8.89. The molecule has 21 heavy (non-hydrogen) atoms. The number of hydrogen-bond acceptors (Lipinski definition) is 4. The number of aryl methyl sites for hydroxylation is 2. The molecule has 108 valence electrons. The first-order valence-corrected chi connectivity index (χ1v) is 7.92. The van der Waals surface area contributed by atoms with Gasteiger partial charge in [0.05, 0.1) is 0 Å². The molecule has 0 saturated heterocycles. The number of benzene rings is 1. The van der Waals surface area contributed by atoms with Crippen LogP contribution in [-0.2, 0) is 0 Å². The van der Waals surface area contributed by atoms with Gasteiger partial charge in [-0.25, -0.2) is 9.50 Å². The molecule has 2 heterocycles. The molecule has 0 saturated carbocycles. The summed E-state index contributed by atoms with van der Waals surface area (Å²) >= 11 is 7.82. The minimum Gasteiger partial charge on any atom is -0.216 e. The van der Waals surface area contributed by atoms with E-state index in [2.05, 4.69) is 22.0 Å². The summed E-state index contributed by atoms with van der Waals surface area (Å²) in [6.07, 6.45) is 0. The Labute approximate surface area is 132 Å². The Kier molecular flexibility index (Phi) is 3.87. The minimum absolute atomic E-state index is 0.178. The molecule has 0 fully saturated rings. The molecule has 0 aliphatic heterocycles. The lowest BCUT2D eigenvalue weighted by atomic mass is 10.2. The van der Waals surface area contributed by atoms with Crippen LogP contribution in [0.5, 0.6) is 0 Å². The average Bonchev–Trinajstić information content (AvgIpc) is 2.81. The molecule has 1 atom stereocenters. The number of thioether (sulfide) groups is 1. The van der Waals surface area contributed by atoms with Crippen molar-refractivity contribution in [3.8, 4) is 0 Å². The van der Waals surface area contributed by atoms with Crippen molar-refractivity contribution in [2.75, 3.05) is 0 Å². The van der Waals surface area contributed by atoms with Crippen molar-refractivity contribution in [3.05, 3.63) is 52.3 Å². The summed E-state index contributed by atoms with van der Waals surface area (Å²) in [5.41, 5.74) is 3.06. The van der Waals surface area contributed by atoms with Crippen LogP contribution in [0.2, 0.25) is 5.02 Å². The van der Waals surface area contributed by atoms with Crippen LogP contribution in [0.3, 0.4) is 0 Å². The molecule has 1 unspecified atom stereocenters. The van der Waals surface area contributed by atoms with Crippen LogP contribution in [0.1, 0.15) is 29.1 Å². The predicted molar refractivity (Wildman–Crippen MR) is 86.0 cm³/mol. The number of halogens is 1. The molecule has 1 aromatic carbocycles. The third kappa shape index (κ3) is 2.89. The lowest BCUT2D eigenvalue weighted by molar-refractivity contribution is 0.841. The van der Waals surface area contributed by atoms with E-state index in [0.717, 1.165) is 22.0 Å². The molecule has 6 heteroatoms. The third-order valence-corrected chi connectivity index (χ3v) is 4.56. The van der Waals surface area contributed by atoms with Gasteiger partial charge in [0.15, 0.2) is 0 Å². The van der Waals surface area contributed by atoms with Crippen LogP contribution in [0.25, 0.3) is 5.78 Å². The van der Waals surface area contributed by atoms with Crippen molar-refractivity contribution in [1.29, 1.82) is 0 Å². The molecule has 0 amide bonds. The van der Waals surface area contributed by atoms with Crippen LogP contribution >= 0.6 is 23.4 Å². The van der Waals surface area contributed by atoms with Crippen molar-refractivity contribution in [2.45, 2.75) is 31.2 Å². The van der Waals surface area contributed by atoms with Crippen molar-refractivity contribution in [1.82, 2.24) is 19.6 Å². The van der Waals surface area contributed by atoms with Crippen LogP contribution in [0.4, 0.5) is 0 Å². The Morgan fingerprint density at radius 2 is 1.95 bits per heavy atom. The second kappa shape index (κ2) is 5.66. The quantitative estimate of drug-likeness (QED) is 0.677. The first-order valence-electron chi connectivity index (χ1n) is 6.66. The number of rotatable bonds is 3. The Morgan fingerprint density at radius 1 is 1.19 bits per heavy atom. The van der Waals surface area contributed by atoms with E-state index in [1.165, 1.54) is 0 Å². The molecule has 0 aliphatic rings. The minimum atomic E-state index is 0.178. The van der Waals surface area contributed by atoms with Gasteiger partial charge in [-0.05, 0) is 38.5 Å². The van der Waals surface area contributed by atoms with Gasteiger partial charge in [-0.15, -0.1) is 5.10 Å². The molecule has 3 rings (SSSR count). The molecule has 0 N–H and O–H groups in total. The summed E-state index contributed by atoms with van der Waals surface area (Å²) in [5, 5.41) is 6.17. The van der Waals surface area contributed by atoms with E-state index in [0.29, 0.717) is 10.9 Å². The van der Waals surface area contributed by atoms with E-state index in [-0.39, 0.29) is 5.25 Å². The van der Waals surface area contributed by atoms with Crippen LogP contribution in [-0.4, -0.2) is 19.6 Å². The van der Waals surface area contributed by atoms with Gasteiger partial charge in [0.2, 0.25) is 5.16 Å². The van der Waals surface area contributed by atoms with E-state index >= 15 is 0 Å². The molecular formula is C15H15ClN4S. The summed E-state index contributed by atoms with van der Waals surface area (Å²) < 4.78 is 1.77. The van der Waals surface area contributed by atoms with Crippen molar-refractivity contribution in [2.24, 2.45) is 0 Å². The molecule has 2 aromatic heterocycles. The second-order valence-corrected chi connectivity index (χ2v) is 6.64. The van der Waals surface area contributed by atoms with Crippen LogP contribution < -0.4 is 0 Å². The highest BCUT2D eigenvalue weighted by atomic mass is 35.5. The molecule has 0 bridgehead atoms. The summed E-state index contributed by atoms with van der Waals surface area (Å²) in [6.45, 7) is 6.06. The van der Waals surface area contributed by atoms with Crippen molar-refractivity contribution < 1.29 is 0 Å². The van der Waals surface area contributed by atoms with Gasteiger partial charge in [0.1, 0.15) is 0 Å². The van der Waals surface area contributed by atoms with Gasteiger partial charge in [0, 0.05) is 21.7 Å². The zero-order valence-corrected chi connectivity index (χ0v) is 13.6. The van der Waals surface area contributed by atoms with E-state index in [1.807, 2.05) is 44.2 Å². The van der Waals surface area contributed by atoms with Gasteiger partial charge in [-0.3, -0.25) is 0 Å². The van der Waals surface area contributed by atoms with E-state index < -0.39 is 0 Å². The predicted octanol–water partition coefficient (Wildman–Crippen LogP) is 4.25. The molecular weight excluding hydrogens is 304 g/mol. The molecule has 4 nitrogen and oxygen atoms in total. The standard InChI is InChI=1S/C15H15ClN4S/c1-9-8-10(2)20-14(17-9)18-15(19-20)21-11(3)12-6-4-5-7-13(12)16/h4-8,11H,1-3H3. The SMILES string of the molecule is Cc1cc(C)n2nc(SC(C)c3ccccc3Cl)nc2n1. The number of hydrogen-bond donors (Lipinski definition) is 0. The van der Waals surface area contributed by atoms with Gasteiger partial charge in [0.25, 0.3) is 5.78 Å². The molecule has 0 radical (unpaired) electrons. The Bertz CT molecular complexity index is 799. The maximum absolute atomic E-state index is 6.24. The summed E-state index contributed by atoms with van der Waals surface area (Å²) in [7, 11) is 0. The Morgan fingerprint density at radius 3 is 2.71 bits per heavy atom. The maximum atomic E-state index is 6.24. The van der Waals surface area contributed by atoms with Gasteiger partial charge in [-0.1, -0.05) is 41.6 Å². The Balaban J connectivity index is 1.92. The lowest BCUT2D eigenvalue weighted by Crippen LogP contribution is -1.97. The normalized spacial score (nSPS) is 12.8. The number of fused-ring (bicyclic) bond motifs is 1. The first-order chi connectivity index (χ1) is 10.0. The average molecular weight is 319 g/mol. The zero-order valence-electron chi connectivity index (χ0n) is 12.0. The monoisotopic (exact) mass is 318 g/mol. The fourth-order valence-electron chi connectivity index (χ4n) is 2.22. The van der Waals surface area contributed by atoms with Gasteiger partial charge >= 0.3 is 0 Å². The lowest BCUT2D eigenvalue weighted by Gasteiger charge is -2.10. The highest BCUT2D eigenvalue weighted by Gasteiger charge is 2.15. The topological polar surface area (TPSA) is 43.1 Å². The maximum Gasteiger partial charge on any atom is 0.253 e. The number of nitrogens with zero attached hydrogens (tertiary/aromatic N) is 4. The summed E-state index contributed by atoms with van der Waals surface area (Å²) in [6, 6.07) is 9.85. The molecule has 3 aromatic rings. The highest BCUT2D eigenvalue weighted by Crippen LogP contribution is 2.36. The van der Waals surface area contributed by atoms with Crippen molar-refractivity contribution in [3.63, 3.8) is 0 Å². The summed E-state index contributed by atoms with van der Waals surface area (Å²) in [5.74, 6) is 0.640. The van der Waals surface area contributed by atoms with Crippen LogP contribution in [0.15, 0.2) is 35.5 Å². The van der Waals surface area contributed by atoms with Gasteiger partial charge in [-0.2, -0.15) is 4.98 Å². The van der Waals surface area contributed by atoms with Crippen molar-refractivity contribution >= 4 is 29.1 Å². The fraction of sp³-hybridized carbons (Fsp3) is 0.267. The largest absolute Gasteiger partial charge is 0.253 e. The highest BCUT2D eigenvalue weighted by molar-refractivity contribution is 7.99. The zero-order chi connectivity index (χ0) is 15.0. The smallest absolute Gasteiger partial charge is 0.216 e. The van der Waals surface area contributed by atoms with E-state index in [4.69, 9.17) is 11.6 Å². The van der Waals surface area contributed by atoms with E-state index in [1.54, 1.807) is 16.3 Å². The molecule has 0 spiro atoms. The van der Waals surface area contributed by atoms with E-state index in [9.17, 15) is 0 Å². The molecule has 0 aliphatic carbocycles. The first kappa shape index (κ1) is 14.4. The van der Waals surface area contributed by atoms with Gasteiger partial charge < -0.3 is 0 Å².